The highest BCUT2D eigenvalue weighted by molar-refractivity contribution is 6.36. The zero-order chi connectivity index (χ0) is 15.5. The fourth-order valence-electron chi connectivity index (χ4n) is 2.00. The Balaban J connectivity index is 1.69. The highest BCUT2D eigenvalue weighted by Gasteiger charge is 2.13. The number of hydrogen-bond acceptors (Lipinski definition) is 3. The van der Waals surface area contributed by atoms with E-state index in [-0.39, 0.29) is 0 Å². The van der Waals surface area contributed by atoms with Crippen LogP contribution in [0.25, 0.3) is 0 Å². The van der Waals surface area contributed by atoms with Gasteiger partial charge in [0.2, 0.25) is 0 Å². The molecule has 0 aliphatic carbocycles. The van der Waals surface area contributed by atoms with Gasteiger partial charge >= 0.3 is 6.03 Å². The Labute approximate surface area is 137 Å². The summed E-state index contributed by atoms with van der Waals surface area (Å²) in [6, 6.07) is 9.61. The number of benzene rings is 2. The van der Waals surface area contributed by atoms with Gasteiger partial charge in [-0.25, -0.2) is 4.79 Å². The summed E-state index contributed by atoms with van der Waals surface area (Å²) >= 11 is 11.8. The second-order valence-corrected chi connectivity index (χ2v) is 5.41. The van der Waals surface area contributed by atoms with Gasteiger partial charge in [0, 0.05) is 16.8 Å². The van der Waals surface area contributed by atoms with Crippen LogP contribution in [0.1, 0.15) is 0 Å². The summed E-state index contributed by atoms with van der Waals surface area (Å²) in [6.07, 6.45) is 0. The highest BCUT2D eigenvalue weighted by Crippen LogP contribution is 2.32. The Bertz CT molecular complexity index is 722. The predicted octanol–water partition coefficient (Wildman–Crippen LogP) is 4.41. The van der Waals surface area contributed by atoms with Crippen LogP contribution in [0, 0.1) is 0 Å². The number of ether oxygens (including phenoxy) is 2. The number of fused-ring (bicyclic) bond motifs is 1. The molecule has 2 N–H and O–H groups in total. The maximum atomic E-state index is 12.0. The fraction of sp³-hybridized carbons (Fsp3) is 0.133. The lowest BCUT2D eigenvalue weighted by atomic mass is 10.2. The van der Waals surface area contributed by atoms with Crippen molar-refractivity contribution in [1.29, 1.82) is 0 Å². The van der Waals surface area contributed by atoms with Gasteiger partial charge in [-0.2, -0.15) is 0 Å². The minimum absolute atomic E-state index is 0.366. The van der Waals surface area contributed by atoms with E-state index < -0.39 is 6.03 Å². The molecule has 114 valence electrons. The third-order valence-electron chi connectivity index (χ3n) is 2.98. The molecule has 3 rings (SSSR count). The molecule has 1 aliphatic rings. The van der Waals surface area contributed by atoms with Gasteiger partial charge in [0.15, 0.2) is 11.5 Å². The monoisotopic (exact) mass is 338 g/mol. The number of carbonyl (C=O) groups is 1. The van der Waals surface area contributed by atoms with Crippen molar-refractivity contribution < 1.29 is 14.3 Å². The lowest BCUT2D eigenvalue weighted by molar-refractivity contribution is 0.171. The molecule has 1 aliphatic heterocycles. The average molecular weight is 339 g/mol. The van der Waals surface area contributed by atoms with Gasteiger partial charge in [0.25, 0.3) is 0 Å². The van der Waals surface area contributed by atoms with Gasteiger partial charge in [-0.05, 0) is 30.3 Å². The van der Waals surface area contributed by atoms with Crippen LogP contribution >= 0.6 is 23.2 Å². The maximum Gasteiger partial charge on any atom is 0.323 e. The van der Waals surface area contributed by atoms with Crippen molar-refractivity contribution in [3.63, 3.8) is 0 Å². The summed E-state index contributed by atoms with van der Waals surface area (Å²) in [4.78, 5) is 12.0. The Morgan fingerprint density at radius 3 is 2.50 bits per heavy atom. The van der Waals surface area contributed by atoms with Crippen molar-refractivity contribution >= 4 is 40.6 Å². The predicted molar refractivity (Wildman–Crippen MR) is 86.5 cm³/mol. The number of halogens is 2. The molecule has 0 radical (unpaired) electrons. The van der Waals surface area contributed by atoms with Crippen molar-refractivity contribution in [3.05, 3.63) is 46.4 Å². The topological polar surface area (TPSA) is 59.6 Å². The second-order valence-electron chi connectivity index (χ2n) is 4.56. The van der Waals surface area contributed by atoms with Crippen LogP contribution in [0.15, 0.2) is 36.4 Å². The van der Waals surface area contributed by atoms with Gasteiger partial charge in [-0.3, -0.25) is 0 Å². The van der Waals surface area contributed by atoms with Crippen molar-refractivity contribution in [2.75, 3.05) is 23.8 Å². The Kier molecular flexibility index (Phi) is 4.27. The minimum Gasteiger partial charge on any atom is -0.486 e. The molecule has 5 nitrogen and oxygen atoms in total. The molecule has 0 aromatic heterocycles. The smallest absolute Gasteiger partial charge is 0.323 e. The van der Waals surface area contributed by atoms with Crippen LogP contribution in [-0.2, 0) is 0 Å². The molecule has 22 heavy (non-hydrogen) atoms. The van der Waals surface area contributed by atoms with Crippen LogP contribution in [0.3, 0.4) is 0 Å². The van der Waals surface area contributed by atoms with E-state index in [1.807, 2.05) is 0 Å². The van der Waals surface area contributed by atoms with Crippen LogP contribution < -0.4 is 20.1 Å². The third kappa shape index (κ3) is 3.37. The lowest BCUT2D eigenvalue weighted by Gasteiger charge is -2.19. The van der Waals surface area contributed by atoms with E-state index in [2.05, 4.69) is 10.6 Å². The first-order chi connectivity index (χ1) is 10.6. The highest BCUT2D eigenvalue weighted by atomic mass is 35.5. The van der Waals surface area contributed by atoms with Crippen LogP contribution in [0.5, 0.6) is 11.5 Å². The van der Waals surface area contributed by atoms with E-state index in [1.165, 1.54) is 0 Å². The summed E-state index contributed by atoms with van der Waals surface area (Å²) in [5.74, 6) is 1.27. The number of urea groups is 1. The van der Waals surface area contributed by atoms with E-state index in [0.29, 0.717) is 46.1 Å². The van der Waals surface area contributed by atoms with Crippen LogP contribution in [-0.4, -0.2) is 19.2 Å². The number of hydrogen-bond donors (Lipinski definition) is 2. The minimum atomic E-state index is -0.416. The van der Waals surface area contributed by atoms with Gasteiger partial charge < -0.3 is 20.1 Å². The molecule has 2 amide bonds. The Morgan fingerprint density at radius 2 is 1.73 bits per heavy atom. The molecule has 1 heterocycles. The van der Waals surface area contributed by atoms with E-state index in [0.717, 1.165) is 0 Å². The Hall–Kier alpha value is -2.11. The average Bonchev–Trinajstić information content (AvgIpc) is 2.50. The summed E-state index contributed by atoms with van der Waals surface area (Å²) in [7, 11) is 0. The third-order valence-corrected chi connectivity index (χ3v) is 3.53. The summed E-state index contributed by atoms with van der Waals surface area (Å²) < 4.78 is 10.9. The van der Waals surface area contributed by atoms with Crippen LogP contribution in [0.2, 0.25) is 10.0 Å². The summed E-state index contributed by atoms with van der Waals surface area (Å²) in [6.45, 7) is 1.01. The van der Waals surface area contributed by atoms with Gasteiger partial charge in [-0.15, -0.1) is 0 Å². The van der Waals surface area contributed by atoms with Gasteiger partial charge in [0.1, 0.15) is 13.2 Å². The first-order valence-electron chi connectivity index (χ1n) is 6.54. The van der Waals surface area contributed by atoms with E-state index in [1.54, 1.807) is 36.4 Å². The Morgan fingerprint density at radius 1 is 0.955 bits per heavy atom. The fourth-order valence-corrected chi connectivity index (χ4v) is 2.45. The summed E-state index contributed by atoms with van der Waals surface area (Å²) in [5, 5.41) is 6.23. The largest absolute Gasteiger partial charge is 0.486 e. The molecule has 0 unspecified atom stereocenters. The number of rotatable bonds is 2. The van der Waals surface area contributed by atoms with Gasteiger partial charge in [-0.1, -0.05) is 23.2 Å². The van der Waals surface area contributed by atoms with Crippen molar-refractivity contribution in [2.24, 2.45) is 0 Å². The first kappa shape index (κ1) is 14.8. The van der Waals surface area contributed by atoms with Crippen molar-refractivity contribution in [1.82, 2.24) is 0 Å². The molecule has 2 aromatic carbocycles. The molecule has 0 spiro atoms. The van der Waals surface area contributed by atoms with Crippen molar-refractivity contribution in [2.45, 2.75) is 0 Å². The molecule has 0 bridgehead atoms. The number of carbonyl (C=O) groups excluding carboxylic acids is 1. The zero-order valence-corrected chi connectivity index (χ0v) is 12.9. The molecule has 7 heteroatoms. The molecule has 0 saturated heterocycles. The van der Waals surface area contributed by atoms with Gasteiger partial charge in [0.05, 0.1) is 10.7 Å². The van der Waals surface area contributed by atoms with E-state index in [9.17, 15) is 4.79 Å². The normalized spacial score (nSPS) is 12.6. The molecular weight excluding hydrogens is 327 g/mol. The van der Waals surface area contributed by atoms with Crippen LogP contribution in [0.4, 0.5) is 16.2 Å². The van der Waals surface area contributed by atoms with Crippen molar-refractivity contribution in [3.8, 4) is 11.5 Å². The zero-order valence-electron chi connectivity index (χ0n) is 11.4. The first-order valence-corrected chi connectivity index (χ1v) is 7.30. The van der Waals surface area contributed by atoms with E-state index in [4.69, 9.17) is 32.7 Å². The number of anilines is 2. The second kappa shape index (κ2) is 6.34. The summed E-state index contributed by atoms with van der Waals surface area (Å²) in [5.41, 5.74) is 1.06. The molecule has 2 aromatic rings. The number of amides is 2. The SMILES string of the molecule is O=C(Nc1ccc2c(c1)OCCO2)Nc1ccc(Cl)cc1Cl. The maximum absolute atomic E-state index is 12.0. The molecule has 0 fully saturated rings. The quantitative estimate of drug-likeness (QED) is 0.852. The molecule has 0 saturated carbocycles. The van der Waals surface area contributed by atoms with E-state index >= 15 is 0 Å². The molecule has 0 atom stereocenters. The molecular formula is C15H12Cl2N2O3. The lowest BCUT2D eigenvalue weighted by Crippen LogP contribution is -2.20. The number of nitrogens with one attached hydrogen (secondary N) is 2. The standard InChI is InChI=1S/C15H12Cl2N2O3/c16-9-1-3-12(11(17)7-9)19-15(20)18-10-2-4-13-14(8-10)22-6-5-21-13/h1-4,7-8H,5-6H2,(H2,18,19,20).